The number of carbonyl (C=O) groups is 2. The van der Waals surface area contributed by atoms with Gasteiger partial charge in [-0.2, -0.15) is 0 Å². The molecule has 6 nitrogen and oxygen atoms in total. The van der Waals surface area contributed by atoms with Crippen LogP contribution < -0.4 is 10.9 Å². The van der Waals surface area contributed by atoms with E-state index in [9.17, 15) is 9.59 Å². The normalized spacial score (nSPS) is 24.3. The van der Waals surface area contributed by atoms with Crippen LogP contribution in [0.25, 0.3) is 0 Å². The van der Waals surface area contributed by atoms with E-state index in [0.29, 0.717) is 36.8 Å². The molecule has 1 aromatic carbocycles. The van der Waals surface area contributed by atoms with Gasteiger partial charge in [-0.3, -0.25) is 15.0 Å². The van der Waals surface area contributed by atoms with Crippen molar-refractivity contribution >= 4 is 35.0 Å². The van der Waals surface area contributed by atoms with E-state index in [2.05, 4.69) is 10.9 Å². The molecule has 0 radical (unpaired) electrons. The van der Waals surface area contributed by atoms with Gasteiger partial charge in [0.05, 0.1) is 15.6 Å². The Bertz CT molecular complexity index is 647. The van der Waals surface area contributed by atoms with Crippen molar-refractivity contribution in [2.45, 2.75) is 25.4 Å². The molecule has 0 bridgehead atoms. The van der Waals surface area contributed by atoms with E-state index < -0.39 is 0 Å². The lowest BCUT2D eigenvalue weighted by atomic mass is 10.1. The maximum Gasteiger partial charge on any atom is 0.255 e. The van der Waals surface area contributed by atoms with Gasteiger partial charge in [0.15, 0.2) is 0 Å². The molecule has 2 fully saturated rings. The van der Waals surface area contributed by atoms with Gasteiger partial charge in [0.2, 0.25) is 5.91 Å². The standard InChI is InChI=1S/C16H20Cl2N4O2/c1-10-9-13(20-19-10)16(24)22-7-5-21(6-8-22)15(23)11-3-2-4-12(17)14(11)18/h2-4,10,13,19-20H,5-9H2,1H3. The first kappa shape index (κ1) is 17.5. The molecule has 2 N–H and O–H groups in total. The Morgan fingerprint density at radius 3 is 2.38 bits per heavy atom. The van der Waals surface area contributed by atoms with Crippen LogP contribution in [0.3, 0.4) is 0 Å². The molecular weight excluding hydrogens is 351 g/mol. The van der Waals surface area contributed by atoms with Crippen LogP contribution in [-0.2, 0) is 4.79 Å². The van der Waals surface area contributed by atoms with Gasteiger partial charge in [0.1, 0.15) is 6.04 Å². The number of halogens is 2. The lowest BCUT2D eigenvalue weighted by molar-refractivity contribution is -0.134. The number of benzene rings is 1. The number of carbonyl (C=O) groups excluding carboxylic acids is 2. The number of hydrogen-bond acceptors (Lipinski definition) is 4. The second-order valence-electron chi connectivity index (χ2n) is 6.20. The van der Waals surface area contributed by atoms with E-state index in [-0.39, 0.29) is 28.9 Å². The van der Waals surface area contributed by atoms with Gasteiger partial charge in [-0.15, -0.1) is 0 Å². The molecule has 0 aromatic heterocycles. The molecule has 2 aliphatic rings. The minimum absolute atomic E-state index is 0.0831. The summed E-state index contributed by atoms with van der Waals surface area (Å²) in [5, 5.41) is 0.642. The van der Waals surface area contributed by atoms with Gasteiger partial charge in [0.25, 0.3) is 5.91 Å². The van der Waals surface area contributed by atoms with Crippen LogP contribution in [0.1, 0.15) is 23.7 Å². The zero-order valence-electron chi connectivity index (χ0n) is 13.4. The number of amides is 2. The van der Waals surface area contributed by atoms with Gasteiger partial charge in [-0.1, -0.05) is 29.3 Å². The van der Waals surface area contributed by atoms with Crippen molar-refractivity contribution in [1.82, 2.24) is 20.7 Å². The minimum Gasteiger partial charge on any atom is -0.338 e. The summed E-state index contributed by atoms with van der Waals surface area (Å²) >= 11 is 12.1. The lowest BCUT2D eigenvalue weighted by Crippen LogP contribution is -2.54. The molecule has 130 valence electrons. The van der Waals surface area contributed by atoms with Crippen molar-refractivity contribution in [3.8, 4) is 0 Å². The average molecular weight is 371 g/mol. The minimum atomic E-state index is -0.190. The van der Waals surface area contributed by atoms with E-state index in [4.69, 9.17) is 23.2 Å². The highest BCUT2D eigenvalue weighted by molar-refractivity contribution is 6.43. The van der Waals surface area contributed by atoms with Crippen molar-refractivity contribution in [3.05, 3.63) is 33.8 Å². The molecular formula is C16H20Cl2N4O2. The van der Waals surface area contributed by atoms with Crippen LogP contribution in [0.4, 0.5) is 0 Å². The highest BCUT2D eigenvalue weighted by Crippen LogP contribution is 2.26. The van der Waals surface area contributed by atoms with Crippen LogP contribution in [0.15, 0.2) is 18.2 Å². The summed E-state index contributed by atoms with van der Waals surface area (Å²) in [6, 6.07) is 5.13. The van der Waals surface area contributed by atoms with Crippen LogP contribution in [0, 0.1) is 0 Å². The molecule has 0 aliphatic carbocycles. The number of rotatable bonds is 2. The van der Waals surface area contributed by atoms with Gasteiger partial charge in [-0.05, 0) is 25.5 Å². The zero-order valence-corrected chi connectivity index (χ0v) is 14.9. The molecule has 24 heavy (non-hydrogen) atoms. The third-order valence-corrected chi connectivity index (χ3v) is 5.27. The highest BCUT2D eigenvalue weighted by Gasteiger charge is 2.33. The SMILES string of the molecule is CC1CC(C(=O)N2CCN(C(=O)c3cccc(Cl)c3Cl)CC2)NN1. The van der Waals surface area contributed by atoms with Crippen molar-refractivity contribution in [2.24, 2.45) is 0 Å². The van der Waals surface area contributed by atoms with Crippen LogP contribution in [0.5, 0.6) is 0 Å². The fourth-order valence-corrected chi connectivity index (χ4v) is 3.45. The second-order valence-corrected chi connectivity index (χ2v) is 6.98. The Balaban J connectivity index is 1.59. The van der Waals surface area contributed by atoms with Crippen LogP contribution in [0.2, 0.25) is 10.0 Å². The van der Waals surface area contributed by atoms with Crippen molar-refractivity contribution < 1.29 is 9.59 Å². The van der Waals surface area contributed by atoms with Crippen LogP contribution >= 0.6 is 23.2 Å². The zero-order chi connectivity index (χ0) is 17.3. The molecule has 2 heterocycles. The predicted octanol–water partition coefficient (Wildman–Crippen LogP) is 1.53. The summed E-state index contributed by atoms with van der Waals surface area (Å²) in [7, 11) is 0. The molecule has 2 unspecified atom stereocenters. The van der Waals surface area contributed by atoms with Gasteiger partial charge in [0, 0.05) is 32.2 Å². The third-order valence-electron chi connectivity index (χ3n) is 4.45. The first-order valence-electron chi connectivity index (χ1n) is 8.00. The number of piperazine rings is 1. The topological polar surface area (TPSA) is 64.7 Å². The van der Waals surface area contributed by atoms with E-state index >= 15 is 0 Å². The van der Waals surface area contributed by atoms with Crippen molar-refractivity contribution in [3.63, 3.8) is 0 Å². The number of hydrazine groups is 1. The van der Waals surface area contributed by atoms with Gasteiger partial charge >= 0.3 is 0 Å². The Kier molecular flexibility index (Phi) is 5.30. The maximum absolute atomic E-state index is 12.6. The Morgan fingerprint density at radius 1 is 1.08 bits per heavy atom. The Hall–Kier alpha value is -1.34. The third kappa shape index (κ3) is 3.52. The molecule has 3 rings (SSSR count). The molecule has 2 atom stereocenters. The maximum atomic E-state index is 12.6. The smallest absolute Gasteiger partial charge is 0.255 e. The second kappa shape index (κ2) is 7.27. The molecule has 0 spiro atoms. The number of nitrogens with zero attached hydrogens (tertiary/aromatic N) is 2. The van der Waals surface area contributed by atoms with E-state index in [1.54, 1.807) is 28.0 Å². The quantitative estimate of drug-likeness (QED) is 0.828. The van der Waals surface area contributed by atoms with Gasteiger partial charge < -0.3 is 9.80 Å². The fourth-order valence-electron chi connectivity index (χ4n) is 3.07. The van der Waals surface area contributed by atoms with Crippen LogP contribution in [-0.4, -0.2) is 59.9 Å². The molecule has 0 saturated carbocycles. The monoisotopic (exact) mass is 370 g/mol. The number of nitrogens with one attached hydrogen (secondary N) is 2. The summed E-state index contributed by atoms with van der Waals surface area (Å²) in [6.07, 6.45) is 0.774. The average Bonchev–Trinajstić information content (AvgIpc) is 3.03. The van der Waals surface area contributed by atoms with E-state index in [1.165, 1.54) is 0 Å². The number of hydrogen-bond donors (Lipinski definition) is 2. The lowest BCUT2D eigenvalue weighted by Gasteiger charge is -2.36. The summed E-state index contributed by atoms with van der Waals surface area (Å²) in [6.45, 7) is 4.06. The summed E-state index contributed by atoms with van der Waals surface area (Å²) < 4.78 is 0. The molecule has 2 saturated heterocycles. The first-order chi connectivity index (χ1) is 11.5. The Labute approximate surface area is 151 Å². The Morgan fingerprint density at radius 2 is 1.75 bits per heavy atom. The largest absolute Gasteiger partial charge is 0.338 e. The van der Waals surface area contributed by atoms with Crippen molar-refractivity contribution in [2.75, 3.05) is 26.2 Å². The van der Waals surface area contributed by atoms with E-state index in [0.717, 1.165) is 6.42 Å². The fraction of sp³-hybridized carbons (Fsp3) is 0.500. The highest BCUT2D eigenvalue weighted by atomic mass is 35.5. The molecule has 1 aromatic rings. The van der Waals surface area contributed by atoms with E-state index in [1.807, 2.05) is 6.92 Å². The first-order valence-corrected chi connectivity index (χ1v) is 8.76. The van der Waals surface area contributed by atoms with Crippen molar-refractivity contribution in [1.29, 1.82) is 0 Å². The molecule has 2 aliphatic heterocycles. The van der Waals surface area contributed by atoms with Gasteiger partial charge in [-0.25, -0.2) is 5.43 Å². The summed E-state index contributed by atoms with van der Waals surface area (Å²) in [4.78, 5) is 28.6. The summed E-state index contributed by atoms with van der Waals surface area (Å²) in [5.41, 5.74) is 6.49. The molecule has 2 amide bonds. The molecule has 8 heteroatoms. The predicted molar refractivity (Wildman–Crippen MR) is 93.1 cm³/mol. The summed E-state index contributed by atoms with van der Waals surface area (Å²) in [5.74, 6) is -0.0661.